The van der Waals surface area contributed by atoms with Crippen molar-refractivity contribution in [2.24, 2.45) is 0 Å². The summed E-state index contributed by atoms with van der Waals surface area (Å²) in [4.78, 5) is 7.17. The number of nitrogens with zero attached hydrogens (tertiary/aromatic N) is 1. The van der Waals surface area contributed by atoms with E-state index in [0.717, 1.165) is 5.69 Å². The Morgan fingerprint density at radius 3 is 3.20 bits per heavy atom. The van der Waals surface area contributed by atoms with Gasteiger partial charge < -0.3 is 4.98 Å². The van der Waals surface area contributed by atoms with Crippen LogP contribution in [0, 0.1) is 6.92 Å². The summed E-state index contributed by atoms with van der Waals surface area (Å²) in [5.41, 5.74) is 3.52. The van der Waals surface area contributed by atoms with Crippen molar-refractivity contribution in [1.82, 2.24) is 9.97 Å². The second-order valence-electron chi connectivity index (χ2n) is 2.38. The highest BCUT2D eigenvalue weighted by molar-refractivity contribution is 5.63. The lowest BCUT2D eigenvalue weighted by Crippen LogP contribution is -1.78. The number of nitrogens with one attached hydrogen (secondary N) is 1. The first kappa shape index (κ1) is 5.47. The molecule has 50 valence electrons. The van der Waals surface area contributed by atoms with E-state index in [1.165, 1.54) is 11.1 Å². The molecule has 0 aliphatic carbocycles. The van der Waals surface area contributed by atoms with Gasteiger partial charge in [0.15, 0.2) is 0 Å². The van der Waals surface area contributed by atoms with Gasteiger partial charge in [-0.05, 0) is 18.6 Å². The molecule has 0 atom stereocenters. The number of aromatic amines is 1. The predicted octanol–water partition coefficient (Wildman–Crippen LogP) is 1.82. The Bertz CT molecular complexity index is 311. The summed E-state index contributed by atoms with van der Waals surface area (Å²) in [7, 11) is 0. The minimum Gasteiger partial charge on any atom is -0.366 e. The molecule has 0 aromatic rings. The lowest BCUT2D eigenvalue weighted by atomic mass is 10.1. The number of pyridine rings is 1. The molecule has 0 aromatic carbocycles. The van der Waals surface area contributed by atoms with E-state index < -0.39 is 0 Å². The van der Waals surface area contributed by atoms with Crippen molar-refractivity contribution in [3.05, 3.63) is 30.2 Å². The van der Waals surface area contributed by atoms with Crippen LogP contribution in [0.5, 0.6) is 0 Å². The zero-order valence-corrected chi connectivity index (χ0v) is 5.76. The van der Waals surface area contributed by atoms with Gasteiger partial charge in [0.1, 0.15) is 0 Å². The Hall–Kier alpha value is -1.31. The number of hydrogen-bond acceptors (Lipinski definition) is 1. The molecule has 0 bridgehead atoms. The topological polar surface area (TPSA) is 28.7 Å². The number of hydrogen-bond donors (Lipinski definition) is 1. The van der Waals surface area contributed by atoms with E-state index in [4.69, 9.17) is 0 Å². The fraction of sp³-hybridized carbons (Fsp3) is 0.125. The predicted molar refractivity (Wildman–Crippen MR) is 39.9 cm³/mol. The van der Waals surface area contributed by atoms with E-state index in [1.807, 2.05) is 24.7 Å². The number of aryl methyl sites for hydroxylation is 1. The summed E-state index contributed by atoms with van der Waals surface area (Å²) in [5, 5.41) is 0. The quantitative estimate of drug-likeness (QED) is 0.582. The van der Waals surface area contributed by atoms with E-state index in [-0.39, 0.29) is 0 Å². The summed E-state index contributed by atoms with van der Waals surface area (Å²) < 4.78 is 0. The second-order valence-corrected chi connectivity index (χ2v) is 2.38. The van der Waals surface area contributed by atoms with Gasteiger partial charge >= 0.3 is 0 Å². The Labute approximate surface area is 59.3 Å². The van der Waals surface area contributed by atoms with Crippen LogP contribution < -0.4 is 0 Å². The normalized spacial score (nSPS) is 10.5. The maximum absolute atomic E-state index is 4.19. The number of aromatic nitrogens is 2. The molecule has 2 aliphatic rings. The zero-order chi connectivity index (χ0) is 6.97. The van der Waals surface area contributed by atoms with E-state index in [9.17, 15) is 0 Å². The van der Waals surface area contributed by atoms with Crippen molar-refractivity contribution in [3.8, 4) is 11.3 Å². The van der Waals surface area contributed by atoms with Crippen LogP contribution in [0.3, 0.4) is 0 Å². The molecule has 0 saturated heterocycles. The maximum Gasteiger partial charge on any atom is 0.0865 e. The SMILES string of the molecule is Cc1cnc2c[nH]ccc1-2. The Morgan fingerprint density at radius 2 is 2.40 bits per heavy atom. The largest absolute Gasteiger partial charge is 0.366 e. The average Bonchev–Trinajstić information content (AvgIpc) is 2.34. The van der Waals surface area contributed by atoms with E-state index in [2.05, 4.69) is 16.9 Å². The van der Waals surface area contributed by atoms with Crippen molar-refractivity contribution in [2.75, 3.05) is 0 Å². The molecule has 2 rings (SSSR count). The first-order chi connectivity index (χ1) is 4.88. The fourth-order valence-electron chi connectivity index (χ4n) is 1.10. The summed E-state index contributed by atoms with van der Waals surface area (Å²) >= 11 is 0. The molecular formula is C8H8N2. The molecule has 2 heterocycles. The summed E-state index contributed by atoms with van der Waals surface area (Å²) in [5.74, 6) is 0. The van der Waals surface area contributed by atoms with Crippen molar-refractivity contribution >= 4 is 0 Å². The molecule has 0 radical (unpaired) electrons. The minimum absolute atomic E-state index is 1.04. The van der Waals surface area contributed by atoms with Gasteiger partial charge in [0.2, 0.25) is 0 Å². The lowest BCUT2D eigenvalue weighted by Gasteiger charge is -1.94. The monoisotopic (exact) mass is 132 g/mol. The molecule has 0 fully saturated rings. The van der Waals surface area contributed by atoms with Gasteiger partial charge in [-0.1, -0.05) is 0 Å². The first-order valence-corrected chi connectivity index (χ1v) is 3.26. The maximum atomic E-state index is 4.19. The van der Waals surface area contributed by atoms with Gasteiger partial charge in [-0.2, -0.15) is 0 Å². The van der Waals surface area contributed by atoms with Gasteiger partial charge in [-0.25, -0.2) is 0 Å². The molecule has 2 nitrogen and oxygen atoms in total. The molecule has 2 aliphatic heterocycles. The lowest BCUT2D eigenvalue weighted by molar-refractivity contribution is 1.28. The zero-order valence-electron chi connectivity index (χ0n) is 5.76. The smallest absolute Gasteiger partial charge is 0.0865 e. The average molecular weight is 132 g/mol. The van der Waals surface area contributed by atoms with Gasteiger partial charge in [0.05, 0.1) is 5.69 Å². The van der Waals surface area contributed by atoms with Gasteiger partial charge in [-0.15, -0.1) is 0 Å². The third-order valence-electron chi connectivity index (χ3n) is 1.66. The summed E-state index contributed by atoms with van der Waals surface area (Å²) in [6.45, 7) is 2.06. The molecule has 0 saturated carbocycles. The van der Waals surface area contributed by atoms with Crippen LogP contribution in [0.15, 0.2) is 24.7 Å². The summed E-state index contributed by atoms with van der Waals surface area (Å²) in [6.07, 6.45) is 5.71. The van der Waals surface area contributed by atoms with Crippen LogP contribution in [0.2, 0.25) is 0 Å². The standard InChI is InChI=1S/C8H8N2/c1-6-4-10-8-5-9-3-2-7(6)8/h2-5,9H,1H3. The molecule has 2 heteroatoms. The third kappa shape index (κ3) is 0.620. The Balaban J connectivity index is 2.78. The van der Waals surface area contributed by atoms with Crippen molar-refractivity contribution in [3.63, 3.8) is 0 Å². The van der Waals surface area contributed by atoms with Crippen LogP contribution in [0.4, 0.5) is 0 Å². The van der Waals surface area contributed by atoms with Gasteiger partial charge in [-0.3, -0.25) is 4.98 Å². The van der Waals surface area contributed by atoms with Crippen LogP contribution in [-0.2, 0) is 0 Å². The molecule has 0 amide bonds. The highest BCUT2D eigenvalue weighted by Gasteiger charge is 2.04. The Morgan fingerprint density at radius 1 is 1.50 bits per heavy atom. The van der Waals surface area contributed by atoms with E-state index >= 15 is 0 Å². The van der Waals surface area contributed by atoms with Crippen LogP contribution in [0.25, 0.3) is 11.3 Å². The van der Waals surface area contributed by atoms with E-state index in [1.54, 1.807) is 0 Å². The van der Waals surface area contributed by atoms with Crippen molar-refractivity contribution in [2.45, 2.75) is 6.92 Å². The van der Waals surface area contributed by atoms with Crippen LogP contribution in [-0.4, -0.2) is 9.97 Å². The van der Waals surface area contributed by atoms with Crippen LogP contribution >= 0.6 is 0 Å². The Kier molecular flexibility index (Phi) is 1.01. The first-order valence-electron chi connectivity index (χ1n) is 3.26. The van der Waals surface area contributed by atoms with Crippen molar-refractivity contribution < 1.29 is 0 Å². The molecule has 0 unspecified atom stereocenters. The highest BCUT2D eigenvalue weighted by Crippen LogP contribution is 2.21. The van der Waals surface area contributed by atoms with Gasteiger partial charge in [0, 0.05) is 24.2 Å². The molecule has 1 N–H and O–H groups in total. The number of H-pyrrole nitrogens is 1. The molecular weight excluding hydrogens is 124 g/mol. The molecule has 0 spiro atoms. The van der Waals surface area contributed by atoms with Gasteiger partial charge in [0.25, 0.3) is 0 Å². The third-order valence-corrected chi connectivity index (χ3v) is 1.66. The number of fused-ring (bicyclic) bond motifs is 1. The highest BCUT2D eigenvalue weighted by atomic mass is 14.7. The summed E-state index contributed by atoms with van der Waals surface area (Å²) in [6, 6.07) is 2.04. The molecule has 10 heavy (non-hydrogen) atoms. The number of rotatable bonds is 0. The van der Waals surface area contributed by atoms with Crippen molar-refractivity contribution in [1.29, 1.82) is 0 Å². The minimum atomic E-state index is 1.04. The fourth-order valence-corrected chi connectivity index (χ4v) is 1.10. The van der Waals surface area contributed by atoms with Crippen LogP contribution in [0.1, 0.15) is 5.56 Å². The second kappa shape index (κ2) is 1.84. The van der Waals surface area contributed by atoms with E-state index in [0.29, 0.717) is 0 Å². The molecule has 0 aromatic heterocycles.